The van der Waals surface area contributed by atoms with Gasteiger partial charge >= 0.3 is 6.18 Å². The molecule has 0 amide bonds. The minimum atomic E-state index is -4.12. The van der Waals surface area contributed by atoms with E-state index in [0.717, 1.165) is 19.4 Å². The average Bonchev–Trinajstić information content (AvgIpc) is 2.73. The summed E-state index contributed by atoms with van der Waals surface area (Å²) in [6.07, 6.45) is -1.27. The van der Waals surface area contributed by atoms with E-state index in [1.54, 1.807) is 7.05 Å². The molecule has 2 N–H and O–H groups in total. The summed E-state index contributed by atoms with van der Waals surface area (Å²) in [5.74, 6) is 0.673. The third-order valence-electron chi connectivity index (χ3n) is 3.06. The number of likely N-dealkylation sites (tertiary alicyclic amines) is 1. The molecule has 0 saturated carbocycles. The molecule has 20 heavy (non-hydrogen) atoms. The maximum absolute atomic E-state index is 12.3. The predicted molar refractivity (Wildman–Crippen MR) is 85.7 cm³/mol. The Labute approximate surface area is 135 Å². The molecule has 1 aliphatic rings. The summed E-state index contributed by atoms with van der Waals surface area (Å²) < 4.78 is 36.8. The summed E-state index contributed by atoms with van der Waals surface area (Å²) in [5, 5.41) is 6.33. The summed E-state index contributed by atoms with van der Waals surface area (Å²) in [6, 6.07) is 0.0372. The normalized spacial score (nSPS) is 20.6. The first-order valence-electron chi connectivity index (χ1n) is 6.71. The van der Waals surface area contributed by atoms with Gasteiger partial charge in [0.15, 0.2) is 5.96 Å². The van der Waals surface area contributed by atoms with Gasteiger partial charge in [0.1, 0.15) is 0 Å². The number of nitrogens with one attached hydrogen (secondary N) is 2. The molecular formula is C12H24F3IN4. The highest BCUT2D eigenvalue weighted by molar-refractivity contribution is 14.0. The molecule has 0 aromatic heterocycles. The molecule has 120 valence electrons. The Morgan fingerprint density at radius 3 is 2.65 bits per heavy atom. The number of hydrogen-bond acceptors (Lipinski definition) is 2. The van der Waals surface area contributed by atoms with Gasteiger partial charge in [0, 0.05) is 32.7 Å². The first-order valence-corrected chi connectivity index (χ1v) is 6.71. The zero-order valence-electron chi connectivity index (χ0n) is 12.0. The van der Waals surface area contributed by atoms with Crippen LogP contribution in [0.2, 0.25) is 0 Å². The van der Waals surface area contributed by atoms with Gasteiger partial charge in [-0.25, -0.2) is 0 Å². The fraction of sp³-hybridized carbons (Fsp3) is 0.917. The summed E-state index contributed by atoms with van der Waals surface area (Å²) in [5.41, 5.74) is 0. The molecule has 1 rings (SSSR count). The highest BCUT2D eigenvalue weighted by Crippen LogP contribution is 2.19. The molecule has 1 saturated heterocycles. The molecule has 0 aromatic rings. The number of guanidine groups is 1. The molecule has 8 heteroatoms. The van der Waals surface area contributed by atoms with E-state index in [9.17, 15) is 13.2 Å². The second-order valence-electron chi connectivity index (χ2n) is 4.83. The van der Waals surface area contributed by atoms with E-state index >= 15 is 0 Å². The van der Waals surface area contributed by atoms with E-state index in [0.29, 0.717) is 25.5 Å². The van der Waals surface area contributed by atoms with E-state index in [1.165, 1.54) is 4.90 Å². The molecule has 1 aliphatic heterocycles. The van der Waals surface area contributed by atoms with Crippen molar-refractivity contribution in [2.24, 2.45) is 4.99 Å². The molecule has 1 fully saturated rings. The summed E-state index contributed by atoms with van der Waals surface area (Å²) in [6.45, 7) is 2.99. The lowest BCUT2D eigenvalue weighted by atomic mass is 10.3. The van der Waals surface area contributed by atoms with Crippen molar-refractivity contribution in [3.05, 3.63) is 0 Å². The molecule has 1 heterocycles. The lowest BCUT2D eigenvalue weighted by Gasteiger charge is -2.19. The molecule has 0 bridgehead atoms. The average molecular weight is 408 g/mol. The van der Waals surface area contributed by atoms with E-state index in [4.69, 9.17) is 0 Å². The maximum atomic E-state index is 12.3. The van der Waals surface area contributed by atoms with Crippen molar-refractivity contribution in [1.82, 2.24) is 15.5 Å². The lowest BCUT2D eigenvalue weighted by molar-refractivity contribution is -0.143. The van der Waals surface area contributed by atoms with Crippen molar-refractivity contribution < 1.29 is 13.2 Å². The third-order valence-corrected chi connectivity index (χ3v) is 3.06. The first-order chi connectivity index (χ1) is 8.94. The molecule has 4 nitrogen and oxygen atoms in total. The number of alkyl halides is 3. The lowest BCUT2D eigenvalue weighted by Crippen LogP contribution is -2.45. The smallest absolute Gasteiger partial charge is 0.356 e. The van der Waals surface area contributed by atoms with Crippen molar-refractivity contribution in [2.45, 2.75) is 38.4 Å². The number of aliphatic imine (C=N–C) groups is 1. The zero-order chi connectivity index (χ0) is 14.3. The van der Waals surface area contributed by atoms with Gasteiger partial charge in [0.2, 0.25) is 0 Å². The molecule has 0 aromatic carbocycles. The standard InChI is InChI=1S/C12H23F3N4.HI/c1-3-4-6-17-11(16-2)18-10-5-7-19(8-10)9-12(13,14)15;/h10H,3-9H2,1-2H3,(H2,16,17,18);1H. The summed E-state index contributed by atoms with van der Waals surface area (Å²) in [7, 11) is 1.67. The van der Waals surface area contributed by atoms with E-state index in [-0.39, 0.29) is 30.0 Å². The molecule has 0 spiro atoms. The molecule has 0 aliphatic carbocycles. The van der Waals surface area contributed by atoms with Crippen molar-refractivity contribution >= 4 is 29.9 Å². The Morgan fingerprint density at radius 1 is 1.40 bits per heavy atom. The van der Waals surface area contributed by atoms with Crippen LogP contribution < -0.4 is 10.6 Å². The van der Waals surface area contributed by atoms with Gasteiger partial charge in [0.25, 0.3) is 0 Å². The van der Waals surface area contributed by atoms with Crippen molar-refractivity contribution in [3.8, 4) is 0 Å². The van der Waals surface area contributed by atoms with Gasteiger partial charge < -0.3 is 10.6 Å². The quantitative estimate of drug-likeness (QED) is 0.317. The monoisotopic (exact) mass is 408 g/mol. The van der Waals surface area contributed by atoms with Crippen LogP contribution in [0.4, 0.5) is 13.2 Å². The van der Waals surface area contributed by atoms with Crippen LogP contribution in [0.1, 0.15) is 26.2 Å². The number of unbranched alkanes of at least 4 members (excludes halogenated alkanes) is 1. The van der Waals surface area contributed by atoms with Crippen LogP contribution >= 0.6 is 24.0 Å². The van der Waals surface area contributed by atoms with E-state index in [1.807, 2.05) is 0 Å². The summed E-state index contributed by atoms with van der Waals surface area (Å²) in [4.78, 5) is 5.50. The second-order valence-corrected chi connectivity index (χ2v) is 4.83. The van der Waals surface area contributed by atoms with Gasteiger partial charge in [-0.15, -0.1) is 24.0 Å². The topological polar surface area (TPSA) is 39.7 Å². The SMILES string of the molecule is CCCCNC(=NC)NC1CCN(CC(F)(F)F)C1.I. The molecule has 1 unspecified atom stereocenters. The van der Waals surface area contributed by atoms with Crippen molar-refractivity contribution in [1.29, 1.82) is 0 Å². The van der Waals surface area contributed by atoms with Gasteiger partial charge in [-0.1, -0.05) is 13.3 Å². The van der Waals surface area contributed by atoms with Gasteiger partial charge in [-0.3, -0.25) is 9.89 Å². The largest absolute Gasteiger partial charge is 0.401 e. The van der Waals surface area contributed by atoms with Crippen molar-refractivity contribution in [2.75, 3.05) is 33.2 Å². The van der Waals surface area contributed by atoms with Crippen LogP contribution in [0.25, 0.3) is 0 Å². The number of hydrogen-bond donors (Lipinski definition) is 2. The molecular weight excluding hydrogens is 384 g/mol. The van der Waals surface area contributed by atoms with Crippen LogP contribution in [0.15, 0.2) is 4.99 Å². The molecule has 0 radical (unpaired) electrons. The minimum Gasteiger partial charge on any atom is -0.356 e. The van der Waals surface area contributed by atoms with E-state index < -0.39 is 12.7 Å². The summed E-state index contributed by atoms with van der Waals surface area (Å²) >= 11 is 0. The maximum Gasteiger partial charge on any atom is 0.401 e. The Balaban J connectivity index is 0.00000361. The number of rotatable bonds is 5. The fourth-order valence-electron chi connectivity index (χ4n) is 2.12. The van der Waals surface area contributed by atoms with Gasteiger partial charge in [-0.05, 0) is 12.8 Å². The Bertz CT molecular complexity index is 297. The highest BCUT2D eigenvalue weighted by atomic mass is 127. The third kappa shape index (κ3) is 8.13. The second kappa shape index (κ2) is 9.64. The first kappa shape index (κ1) is 19.8. The Kier molecular flexibility index (Phi) is 9.52. The Morgan fingerprint density at radius 2 is 2.10 bits per heavy atom. The number of nitrogens with zero attached hydrogens (tertiary/aromatic N) is 2. The van der Waals surface area contributed by atoms with Crippen LogP contribution in [0.3, 0.4) is 0 Å². The van der Waals surface area contributed by atoms with Crippen LogP contribution in [0, 0.1) is 0 Å². The number of halogens is 4. The zero-order valence-corrected chi connectivity index (χ0v) is 14.3. The fourth-order valence-corrected chi connectivity index (χ4v) is 2.12. The van der Waals surface area contributed by atoms with Crippen LogP contribution in [-0.4, -0.2) is 56.3 Å². The predicted octanol–water partition coefficient (Wildman–Crippen LogP) is 2.21. The highest BCUT2D eigenvalue weighted by Gasteiger charge is 2.34. The van der Waals surface area contributed by atoms with Crippen LogP contribution in [0.5, 0.6) is 0 Å². The Hall–Kier alpha value is -0.250. The van der Waals surface area contributed by atoms with Crippen molar-refractivity contribution in [3.63, 3.8) is 0 Å². The van der Waals surface area contributed by atoms with Gasteiger partial charge in [-0.2, -0.15) is 13.2 Å². The molecule has 1 atom stereocenters. The van der Waals surface area contributed by atoms with E-state index in [2.05, 4.69) is 22.5 Å². The minimum absolute atomic E-state index is 0. The van der Waals surface area contributed by atoms with Crippen LogP contribution in [-0.2, 0) is 0 Å². The van der Waals surface area contributed by atoms with Gasteiger partial charge in [0.05, 0.1) is 6.54 Å².